The van der Waals surface area contributed by atoms with E-state index in [0.29, 0.717) is 5.92 Å². The van der Waals surface area contributed by atoms with Gasteiger partial charge >= 0.3 is 0 Å². The fraction of sp³-hybridized carbons (Fsp3) is 0.375. The summed E-state index contributed by atoms with van der Waals surface area (Å²) in [6.45, 7) is 2.60. The van der Waals surface area contributed by atoms with Crippen LogP contribution in [0.4, 0.5) is 0 Å². The molecule has 2 aromatic rings. The van der Waals surface area contributed by atoms with E-state index < -0.39 is 0 Å². The molecule has 2 nitrogen and oxygen atoms in total. The maximum absolute atomic E-state index is 5.09. The summed E-state index contributed by atoms with van der Waals surface area (Å²) < 4.78 is 6.28. The van der Waals surface area contributed by atoms with Crippen LogP contribution in [0.5, 0.6) is 0 Å². The zero-order chi connectivity index (χ0) is 14.2. The number of halogens is 1. The van der Waals surface area contributed by atoms with Gasteiger partial charge in [0, 0.05) is 35.5 Å². The molecule has 0 saturated heterocycles. The SMILES string of the molecule is COCCNCC(Cc1cccs1)c1ccccc1Br. The molecular formula is C16H20BrNOS. The Labute approximate surface area is 133 Å². The number of thiophene rings is 1. The van der Waals surface area contributed by atoms with Gasteiger partial charge in [-0.05, 0) is 29.5 Å². The van der Waals surface area contributed by atoms with Gasteiger partial charge < -0.3 is 10.1 Å². The number of hydrogen-bond acceptors (Lipinski definition) is 3. The second kappa shape index (κ2) is 8.57. The van der Waals surface area contributed by atoms with E-state index in [2.05, 4.69) is 63.0 Å². The van der Waals surface area contributed by atoms with Gasteiger partial charge in [-0.1, -0.05) is 40.2 Å². The molecule has 20 heavy (non-hydrogen) atoms. The molecule has 0 aliphatic carbocycles. The number of hydrogen-bond donors (Lipinski definition) is 1. The van der Waals surface area contributed by atoms with Crippen LogP contribution in [-0.4, -0.2) is 26.8 Å². The summed E-state index contributed by atoms with van der Waals surface area (Å²) in [5, 5.41) is 5.63. The van der Waals surface area contributed by atoms with Crippen molar-refractivity contribution in [3.05, 3.63) is 56.7 Å². The number of benzene rings is 1. The minimum atomic E-state index is 0.473. The third-order valence-corrected chi connectivity index (χ3v) is 4.87. The molecule has 1 N–H and O–H groups in total. The topological polar surface area (TPSA) is 21.3 Å². The fourth-order valence-electron chi connectivity index (χ4n) is 2.22. The fourth-order valence-corrected chi connectivity index (χ4v) is 3.62. The maximum Gasteiger partial charge on any atom is 0.0587 e. The molecule has 0 saturated carbocycles. The van der Waals surface area contributed by atoms with Crippen molar-refractivity contribution in [1.29, 1.82) is 0 Å². The van der Waals surface area contributed by atoms with Crippen LogP contribution in [0.2, 0.25) is 0 Å². The van der Waals surface area contributed by atoms with Gasteiger partial charge in [-0.25, -0.2) is 0 Å². The molecule has 1 heterocycles. The Morgan fingerprint density at radius 3 is 2.80 bits per heavy atom. The van der Waals surface area contributed by atoms with Crippen molar-refractivity contribution in [2.75, 3.05) is 26.8 Å². The van der Waals surface area contributed by atoms with Crippen molar-refractivity contribution in [3.8, 4) is 0 Å². The molecule has 1 atom stereocenters. The van der Waals surface area contributed by atoms with E-state index in [0.717, 1.165) is 26.1 Å². The molecule has 1 aromatic heterocycles. The van der Waals surface area contributed by atoms with Gasteiger partial charge in [0.05, 0.1) is 6.61 Å². The number of methoxy groups -OCH3 is 1. The smallest absolute Gasteiger partial charge is 0.0587 e. The summed E-state index contributed by atoms with van der Waals surface area (Å²) >= 11 is 5.50. The molecule has 0 aliphatic heterocycles. The maximum atomic E-state index is 5.09. The first-order valence-corrected chi connectivity index (χ1v) is 8.45. The summed E-state index contributed by atoms with van der Waals surface area (Å²) in [7, 11) is 1.73. The van der Waals surface area contributed by atoms with Crippen LogP contribution in [0.15, 0.2) is 46.3 Å². The third-order valence-electron chi connectivity index (χ3n) is 3.25. The zero-order valence-electron chi connectivity index (χ0n) is 11.6. The van der Waals surface area contributed by atoms with E-state index in [-0.39, 0.29) is 0 Å². The van der Waals surface area contributed by atoms with Gasteiger partial charge in [-0.2, -0.15) is 0 Å². The minimum Gasteiger partial charge on any atom is -0.383 e. The highest BCUT2D eigenvalue weighted by atomic mass is 79.9. The van der Waals surface area contributed by atoms with Crippen LogP contribution in [0.1, 0.15) is 16.4 Å². The molecule has 0 fully saturated rings. The van der Waals surface area contributed by atoms with Crippen LogP contribution in [-0.2, 0) is 11.2 Å². The Morgan fingerprint density at radius 2 is 2.10 bits per heavy atom. The highest BCUT2D eigenvalue weighted by Crippen LogP contribution is 2.28. The summed E-state index contributed by atoms with van der Waals surface area (Å²) in [5.74, 6) is 0.473. The molecule has 0 aliphatic rings. The van der Waals surface area contributed by atoms with Crippen molar-refractivity contribution in [1.82, 2.24) is 5.32 Å². The van der Waals surface area contributed by atoms with Crippen molar-refractivity contribution in [3.63, 3.8) is 0 Å². The largest absolute Gasteiger partial charge is 0.383 e. The highest BCUT2D eigenvalue weighted by molar-refractivity contribution is 9.10. The predicted molar refractivity (Wildman–Crippen MR) is 89.7 cm³/mol. The average molecular weight is 354 g/mol. The summed E-state index contributed by atoms with van der Waals surface area (Å²) in [6.07, 6.45) is 1.07. The van der Waals surface area contributed by atoms with Crippen LogP contribution in [0.25, 0.3) is 0 Å². The van der Waals surface area contributed by atoms with Crippen LogP contribution < -0.4 is 5.32 Å². The lowest BCUT2D eigenvalue weighted by Crippen LogP contribution is -2.26. The summed E-state index contributed by atoms with van der Waals surface area (Å²) in [4.78, 5) is 1.43. The van der Waals surface area contributed by atoms with Crippen molar-refractivity contribution < 1.29 is 4.74 Å². The monoisotopic (exact) mass is 353 g/mol. The Bertz CT molecular complexity index is 501. The van der Waals surface area contributed by atoms with Crippen LogP contribution >= 0.6 is 27.3 Å². The minimum absolute atomic E-state index is 0.473. The first kappa shape index (κ1) is 15.7. The van der Waals surface area contributed by atoms with Gasteiger partial charge in [0.1, 0.15) is 0 Å². The molecular weight excluding hydrogens is 334 g/mol. The van der Waals surface area contributed by atoms with Gasteiger partial charge in [0.25, 0.3) is 0 Å². The van der Waals surface area contributed by atoms with E-state index in [4.69, 9.17) is 4.74 Å². The van der Waals surface area contributed by atoms with Crippen molar-refractivity contribution in [2.24, 2.45) is 0 Å². The van der Waals surface area contributed by atoms with E-state index in [1.807, 2.05) is 11.3 Å². The highest BCUT2D eigenvalue weighted by Gasteiger charge is 2.15. The number of rotatable bonds is 8. The Hall–Kier alpha value is -0.680. The molecule has 0 spiro atoms. The molecule has 2 rings (SSSR count). The molecule has 1 aromatic carbocycles. The lowest BCUT2D eigenvalue weighted by Gasteiger charge is -2.19. The van der Waals surface area contributed by atoms with Gasteiger partial charge in [0.2, 0.25) is 0 Å². The quantitative estimate of drug-likeness (QED) is 0.722. The summed E-state index contributed by atoms with van der Waals surface area (Å²) in [5.41, 5.74) is 1.37. The lowest BCUT2D eigenvalue weighted by molar-refractivity contribution is 0.199. The predicted octanol–water partition coefficient (Wildman–Crippen LogP) is 4.07. The van der Waals surface area contributed by atoms with Crippen molar-refractivity contribution in [2.45, 2.75) is 12.3 Å². The van der Waals surface area contributed by atoms with E-state index in [1.165, 1.54) is 14.9 Å². The first-order valence-electron chi connectivity index (χ1n) is 6.77. The standard InChI is InChI=1S/C16H20BrNOS/c1-19-9-8-18-12-13(11-14-5-4-10-20-14)15-6-2-3-7-16(15)17/h2-7,10,13,18H,8-9,11-12H2,1H3. The molecule has 0 radical (unpaired) electrons. The van der Waals surface area contributed by atoms with E-state index in [1.54, 1.807) is 7.11 Å². The first-order chi connectivity index (χ1) is 9.81. The molecule has 1 unspecified atom stereocenters. The molecule has 0 bridgehead atoms. The van der Waals surface area contributed by atoms with Gasteiger partial charge in [-0.15, -0.1) is 11.3 Å². The Kier molecular flexibility index (Phi) is 6.73. The van der Waals surface area contributed by atoms with Gasteiger partial charge in [-0.3, -0.25) is 0 Å². The second-order valence-corrected chi connectivity index (χ2v) is 6.59. The number of nitrogens with one attached hydrogen (secondary N) is 1. The molecule has 4 heteroatoms. The van der Waals surface area contributed by atoms with Gasteiger partial charge in [0.15, 0.2) is 0 Å². The lowest BCUT2D eigenvalue weighted by atomic mass is 9.95. The molecule has 0 amide bonds. The molecule has 108 valence electrons. The number of ether oxygens (including phenoxy) is 1. The summed E-state index contributed by atoms with van der Waals surface area (Å²) in [6, 6.07) is 12.8. The van der Waals surface area contributed by atoms with Crippen LogP contribution in [0, 0.1) is 0 Å². The Balaban J connectivity index is 2.05. The Morgan fingerprint density at radius 1 is 1.25 bits per heavy atom. The average Bonchev–Trinajstić information content (AvgIpc) is 2.96. The van der Waals surface area contributed by atoms with E-state index in [9.17, 15) is 0 Å². The van der Waals surface area contributed by atoms with Crippen molar-refractivity contribution >= 4 is 27.3 Å². The second-order valence-electron chi connectivity index (χ2n) is 4.70. The van der Waals surface area contributed by atoms with Crippen LogP contribution in [0.3, 0.4) is 0 Å². The normalized spacial score (nSPS) is 12.5. The third kappa shape index (κ3) is 4.70. The van der Waals surface area contributed by atoms with E-state index >= 15 is 0 Å². The zero-order valence-corrected chi connectivity index (χ0v) is 14.0.